The highest BCUT2D eigenvalue weighted by Gasteiger charge is 2.16. The number of phenols is 1. The zero-order valence-corrected chi connectivity index (χ0v) is 7.49. The number of benzene rings is 1. The van der Waals surface area contributed by atoms with Crippen LogP contribution in [-0.2, 0) is 0 Å². The highest BCUT2D eigenvalue weighted by molar-refractivity contribution is 5.66. The molecule has 0 aliphatic rings. The fourth-order valence-electron chi connectivity index (χ4n) is 1.20. The average Bonchev–Trinajstić information content (AvgIpc) is 2.49. The number of aryl methyl sites for hydroxylation is 1. The van der Waals surface area contributed by atoms with Gasteiger partial charge in [-0.25, -0.2) is 4.39 Å². The molecule has 0 aliphatic heterocycles. The Labute approximate surface area is 79.8 Å². The summed E-state index contributed by atoms with van der Waals surface area (Å²) >= 11 is 0. The summed E-state index contributed by atoms with van der Waals surface area (Å²) in [4.78, 5) is 0. The third-order valence-corrected chi connectivity index (χ3v) is 1.95. The van der Waals surface area contributed by atoms with E-state index in [1.165, 1.54) is 13.0 Å². The minimum absolute atomic E-state index is 0.0142. The first-order chi connectivity index (χ1) is 6.70. The lowest BCUT2D eigenvalue weighted by molar-refractivity contribution is 0.390. The first-order valence-electron chi connectivity index (χ1n) is 4.10. The van der Waals surface area contributed by atoms with E-state index in [1.807, 2.05) is 0 Å². The van der Waals surface area contributed by atoms with Crippen molar-refractivity contribution in [1.82, 2.24) is 5.16 Å². The molecular weight excluding hydrogens is 185 g/mol. The molecule has 0 radical (unpaired) electrons. The standard InChI is InChI=1S/C10H8FNO2/c1-6-9(11)10(12-14-6)7-4-2-3-5-8(7)13/h2-5,13H,1H3. The molecule has 0 fully saturated rings. The van der Waals surface area contributed by atoms with Crippen LogP contribution in [0.1, 0.15) is 5.76 Å². The van der Waals surface area contributed by atoms with E-state index in [0.717, 1.165) is 0 Å². The molecule has 0 aliphatic carbocycles. The lowest BCUT2D eigenvalue weighted by Gasteiger charge is -1.98. The van der Waals surface area contributed by atoms with E-state index in [9.17, 15) is 9.50 Å². The molecule has 14 heavy (non-hydrogen) atoms. The van der Waals surface area contributed by atoms with Gasteiger partial charge in [0, 0.05) is 5.56 Å². The first kappa shape index (κ1) is 8.74. The number of hydrogen-bond acceptors (Lipinski definition) is 3. The molecule has 2 aromatic rings. The fourth-order valence-corrected chi connectivity index (χ4v) is 1.20. The number of phenolic OH excluding ortho intramolecular Hbond substituents is 1. The van der Waals surface area contributed by atoms with E-state index in [4.69, 9.17) is 0 Å². The van der Waals surface area contributed by atoms with Crippen molar-refractivity contribution in [1.29, 1.82) is 0 Å². The summed E-state index contributed by atoms with van der Waals surface area (Å²) in [5, 5.41) is 13.0. The van der Waals surface area contributed by atoms with E-state index in [2.05, 4.69) is 9.68 Å². The van der Waals surface area contributed by atoms with E-state index in [-0.39, 0.29) is 17.2 Å². The van der Waals surface area contributed by atoms with Crippen molar-refractivity contribution in [2.75, 3.05) is 0 Å². The lowest BCUT2D eigenvalue weighted by Crippen LogP contribution is -1.82. The molecule has 1 aromatic carbocycles. The van der Waals surface area contributed by atoms with Crippen molar-refractivity contribution in [2.24, 2.45) is 0 Å². The maximum Gasteiger partial charge on any atom is 0.193 e. The smallest absolute Gasteiger partial charge is 0.193 e. The van der Waals surface area contributed by atoms with Crippen molar-refractivity contribution in [3.8, 4) is 17.0 Å². The average molecular weight is 193 g/mol. The Balaban J connectivity index is 2.60. The van der Waals surface area contributed by atoms with Gasteiger partial charge in [-0.15, -0.1) is 0 Å². The molecule has 0 atom stereocenters. The largest absolute Gasteiger partial charge is 0.507 e. The molecular formula is C10H8FNO2. The predicted octanol–water partition coefficient (Wildman–Crippen LogP) is 2.49. The predicted molar refractivity (Wildman–Crippen MR) is 48.3 cm³/mol. The molecule has 72 valence electrons. The van der Waals surface area contributed by atoms with Gasteiger partial charge >= 0.3 is 0 Å². The van der Waals surface area contributed by atoms with Gasteiger partial charge in [-0.3, -0.25) is 0 Å². The summed E-state index contributed by atoms with van der Waals surface area (Å²) in [6, 6.07) is 6.40. The van der Waals surface area contributed by atoms with Gasteiger partial charge in [0.2, 0.25) is 0 Å². The van der Waals surface area contributed by atoms with Crippen LogP contribution in [0.3, 0.4) is 0 Å². The summed E-state index contributed by atoms with van der Waals surface area (Å²) in [6.45, 7) is 1.48. The third-order valence-electron chi connectivity index (χ3n) is 1.95. The molecule has 0 saturated carbocycles. The summed E-state index contributed by atoms with van der Waals surface area (Å²) in [5.74, 6) is -0.436. The quantitative estimate of drug-likeness (QED) is 0.756. The number of para-hydroxylation sites is 1. The number of aromatic nitrogens is 1. The van der Waals surface area contributed by atoms with Gasteiger partial charge in [0.15, 0.2) is 17.3 Å². The molecule has 4 heteroatoms. The molecule has 1 N–H and O–H groups in total. The summed E-state index contributed by atoms with van der Waals surface area (Å²) in [5.41, 5.74) is 0.377. The molecule has 3 nitrogen and oxygen atoms in total. The van der Waals surface area contributed by atoms with Crippen LogP contribution in [0.4, 0.5) is 4.39 Å². The Morgan fingerprint density at radius 1 is 1.36 bits per heavy atom. The van der Waals surface area contributed by atoms with Gasteiger partial charge in [-0.1, -0.05) is 17.3 Å². The molecule has 0 bridgehead atoms. The van der Waals surface area contributed by atoms with Crippen LogP contribution in [0.25, 0.3) is 11.3 Å². The SMILES string of the molecule is Cc1onc(-c2ccccc2O)c1F. The van der Waals surface area contributed by atoms with Crippen LogP contribution in [-0.4, -0.2) is 10.3 Å². The van der Waals surface area contributed by atoms with Crippen LogP contribution in [0.2, 0.25) is 0 Å². The Hall–Kier alpha value is -1.84. The van der Waals surface area contributed by atoms with Gasteiger partial charge in [-0.05, 0) is 19.1 Å². The molecule has 0 spiro atoms. The Morgan fingerprint density at radius 2 is 2.07 bits per heavy atom. The van der Waals surface area contributed by atoms with Crippen LogP contribution < -0.4 is 0 Å². The maximum atomic E-state index is 13.4. The zero-order chi connectivity index (χ0) is 10.1. The topological polar surface area (TPSA) is 46.3 Å². The molecule has 1 heterocycles. The normalized spacial score (nSPS) is 10.4. The lowest BCUT2D eigenvalue weighted by atomic mass is 10.1. The van der Waals surface area contributed by atoms with Gasteiger partial charge in [0.05, 0.1) is 0 Å². The van der Waals surface area contributed by atoms with Crippen LogP contribution in [0, 0.1) is 12.7 Å². The van der Waals surface area contributed by atoms with E-state index in [0.29, 0.717) is 5.56 Å². The van der Waals surface area contributed by atoms with Crippen molar-refractivity contribution in [2.45, 2.75) is 6.92 Å². The number of rotatable bonds is 1. The molecule has 0 unspecified atom stereocenters. The van der Waals surface area contributed by atoms with Crippen molar-refractivity contribution >= 4 is 0 Å². The Morgan fingerprint density at radius 3 is 2.64 bits per heavy atom. The number of halogens is 1. The third kappa shape index (κ3) is 1.25. The van der Waals surface area contributed by atoms with Gasteiger partial charge < -0.3 is 9.63 Å². The van der Waals surface area contributed by atoms with E-state index < -0.39 is 5.82 Å². The van der Waals surface area contributed by atoms with E-state index >= 15 is 0 Å². The fraction of sp³-hybridized carbons (Fsp3) is 0.100. The van der Waals surface area contributed by atoms with Crippen LogP contribution in [0.15, 0.2) is 28.8 Å². The second-order valence-corrected chi connectivity index (χ2v) is 2.92. The van der Waals surface area contributed by atoms with Crippen molar-refractivity contribution < 1.29 is 14.0 Å². The highest BCUT2D eigenvalue weighted by Crippen LogP contribution is 2.30. The Bertz CT molecular complexity index is 465. The van der Waals surface area contributed by atoms with Crippen molar-refractivity contribution in [3.63, 3.8) is 0 Å². The van der Waals surface area contributed by atoms with Crippen molar-refractivity contribution in [3.05, 3.63) is 35.8 Å². The highest BCUT2D eigenvalue weighted by atomic mass is 19.1. The summed E-state index contributed by atoms with van der Waals surface area (Å²) in [6.07, 6.45) is 0. The minimum Gasteiger partial charge on any atom is -0.507 e. The van der Waals surface area contributed by atoms with Crippen LogP contribution in [0.5, 0.6) is 5.75 Å². The molecule has 0 saturated heterocycles. The van der Waals surface area contributed by atoms with Crippen LogP contribution >= 0.6 is 0 Å². The van der Waals surface area contributed by atoms with Gasteiger partial charge in [0.25, 0.3) is 0 Å². The summed E-state index contributed by atoms with van der Waals surface area (Å²) < 4.78 is 18.0. The summed E-state index contributed by atoms with van der Waals surface area (Å²) in [7, 11) is 0. The number of aromatic hydroxyl groups is 1. The molecule has 1 aromatic heterocycles. The maximum absolute atomic E-state index is 13.4. The number of hydrogen-bond donors (Lipinski definition) is 1. The molecule has 2 rings (SSSR count). The Kier molecular flexibility index (Phi) is 1.96. The number of nitrogens with zero attached hydrogens (tertiary/aromatic N) is 1. The first-order valence-corrected chi connectivity index (χ1v) is 4.10. The van der Waals surface area contributed by atoms with Gasteiger partial charge in [-0.2, -0.15) is 0 Å². The monoisotopic (exact) mass is 193 g/mol. The minimum atomic E-state index is -0.536. The second kappa shape index (κ2) is 3.14. The van der Waals surface area contributed by atoms with Gasteiger partial charge in [0.1, 0.15) is 5.75 Å². The zero-order valence-electron chi connectivity index (χ0n) is 7.49. The second-order valence-electron chi connectivity index (χ2n) is 2.92. The van der Waals surface area contributed by atoms with E-state index in [1.54, 1.807) is 18.2 Å². The molecule has 0 amide bonds.